The summed E-state index contributed by atoms with van der Waals surface area (Å²) < 4.78 is 5.50. The highest BCUT2D eigenvalue weighted by atomic mass is 32.1. The molecule has 35 heavy (non-hydrogen) atoms. The van der Waals surface area contributed by atoms with Crippen LogP contribution in [0.4, 0.5) is 5.69 Å². The summed E-state index contributed by atoms with van der Waals surface area (Å²) >= 11 is 5.40. The average Bonchev–Trinajstić information content (AvgIpc) is 3.22. The van der Waals surface area contributed by atoms with Crippen LogP contribution in [0.1, 0.15) is 49.2 Å². The second-order valence-corrected chi connectivity index (χ2v) is 9.72. The number of rotatable bonds is 5. The minimum atomic E-state index is -0.261. The van der Waals surface area contributed by atoms with Crippen molar-refractivity contribution in [2.24, 2.45) is 0 Å². The molecule has 0 aliphatic carbocycles. The van der Waals surface area contributed by atoms with Gasteiger partial charge >= 0.3 is 0 Å². The van der Waals surface area contributed by atoms with Gasteiger partial charge in [0.05, 0.1) is 12.3 Å². The van der Waals surface area contributed by atoms with Crippen LogP contribution in [0.5, 0.6) is 5.75 Å². The van der Waals surface area contributed by atoms with Gasteiger partial charge in [0.2, 0.25) is 0 Å². The van der Waals surface area contributed by atoms with Gasteiger partial charge < -0.3 is 10.1 Å². The van der Waals surface area contributed by atoms with E-state index in [1.165, 1.54) is 0 Å². The van der Waals surface area contributed by atoms with Gasteiger partial charge in [-0.1, -0.05) is 32.9 Å². The minimum Gasteiger partial charge on any atom is -0.494 e. The van der Waals surface area contributed by atoms with Crippen molar-refractivity contribution in [1.82, 2.24) is 20.3 Å². The number of ether oxygens (including phenoxy) is 1. The Morgan fingerprint density at radius 2 is 1.63 bits per heavy atom. The third-order valence-corrected chi connectivity index (χ3v) is 5.80. The normalized spacial score (nSPS) is 11.3. The number of fused-ring (bicyclic) bond motifs is 1. The molecule has 8 heteroatoms. The fourth-order valence-corrected chi connectivity index (χ4v) is 3.81. The fraction of sp³-hybridized carbons (Fsp3) is 0.259. The molecule has 0 bridgehead atoms. The molecule has 7 nitrogen and oxygen atoms in total. The molecule has 0 radical (unpaired) electrons. The Morgan fingerprint density at radius 3 is 2.23 bits per heavy atom. The topological polar surface area (TPSA) is 81.1 Å². The number of nitrogens with zero attached hydrogens (tertiary/aromatic N) is 3. The zero-order valence-electron chi connectivity index (χ0n) is 20.5. The van der Waals surface area contributed by atoms with Crippen LogP contribution in [0, 0.1) is 6.92 Å². The van der Waals surface area contributed by atoms with Gasteiger partial charge in [-0.3, -0.25) is 10.1 Å². The number of anilines is 1. The van der Waals surface area contributed by atoms with Crippen molar-refractivity contribution in [2.75, 3.05) is 11.9 Å². The molecule has 0 atom stereocenters. The second kappa shape index (κ2) is 9.84. The zero-order valence-corrected chi connectivity index (χ0v) is 21.4. The molecule has 0 aliphatic heterocycles. The molecule has 0 fully saturated rings. The third-order valence-electron chi connectivity index (χ3n) is 5.59. The van der Waals surface area contributed by atoms with E-state index in [4.69, 9.17) is 17.0 Å². The van der Waals surface area contributed by atoms with E-state index in [1.807, 2.05) is 74.5 Å². The highest BCUT2D eigenvalue weighted by molar-refractivity contribution is 7.80. The summed E-state index contributed by atoms with van der Waals surface area (Å²) in [7, 11) is 0. The number of hydrogen-bond donors (Lipinski definition) is 2. The van der Waals surface area contributed by atoms with E-state index in [0.29, 0.717) is 17.7 Å². The molecule has 2 N–H and O–H groups in total. The van der Waals surface area contributed by atoms with Gasteiger partial charge in [-0.15, -0.1) is 10.2 Å². The molecule has 0 saturated heterocycles. The first-order valence-corrected chi connectivity index (χ1v) is 11.9. The minimum absolute atomic E-state index is 0.0246. The van der Waals surface area contributed by atoms with Crippen LogP contribution in [-0.2, 0) is 5.41 Å². The summed E-state index contributed by atoms with van der Waals surface area (Å²) in [4.78, 5) is 14.2. The van der Waals surface area contributed by atoms with Gasteiger partial charge in [0, 0.05) is 11.3 Å². The van der Waals surface area contributed by atoms with E-state index in [-0.39, 0.29) is 16.4 Å². The molecule has 0 unspecified atom stereocenters. The first-order chi connectivity index (χ1) is 16.6. The number of carbonyl (C=O) groups is 1. The van der Waals surface area contributed by atoms with Crippen molar-refractivity contribution >= 4 is 40.0 Å². The van der Waals surface area contributed by atoms with Crippen molar-refractivity contribution in [1.29, 1.82) is 0 Å². The second-order valence-electron chi connectivity index (χ2n) is 9.31. The lowest BCUT2D eigenvalue weighted by molar-refractivity contribution is 0.0977. The summed E-state index contributed by atoms with van der Waals surface area (Å²) in [5, 5.41) is 15.3. The molecule has 3 aromatic carbocycles. The van der Waals surface area contributed by atoms with E-state index in [2.05, 4.69) is 41.6 Å². The summed E-state index contributed by atoms with van der Waals surface area (Å²) in [6, 6.07) is 19.0. The highest BCUT2D eigenvalue weighted by Gasteiger charge is 2.15. The van der Waals surface area contributed by atoms with E-state index >= 15 is 0 Å². The Labute approximate surface area is 210 Å². The molecule has 180 valence electrons. The number of benzene rings is 3. The van der Waals surface area contributed by atoms with Crippen molar-refractivity contribution in [3.8, 4) is 11.4 Å². The summed E-state index contributed by atoms with van der Waals surface area (Å²) in [5.74, 6) is 0.541. The third kappa shape index (κ3) is 5.66. The monoisotopic (exact) mass is 487 g/mol. The first-order valence-electron chi connectivity index (χ1n) is 11.5. The average molecular weight is 488 g/mol. The lowest BCUT2D eigenvalue weighted by atomic mass is 9.87. The fourth-order valence-electron chi connectivity index (χ4n) is 3.61. The van der Waals surface area contributed by atoms with Gasteiger partial charge in [0.15, 0.2) is 5.11 Å². The maximum Gasteiger partial charge on any atom is 0.257 e. The Morgan fingerprint density at radius 1 is 1.00 bits per heavy atom. The maximum absolute atomic E-state index is 12.7. The standard InChI is InChI=1S/C27H29N5O2S/c1-6-34-21-13-11-20(12-14-21)32-30-23-15-17(2)22(16-24(23)31-32)28-26(35)29-25(33)18-7-9-19(10-8-18)27(3,4)5/h7-16H,6H2,1-5H3,(H2,28,29,33,35). The van der Waals surface area contributed by atoms with Gasteiger partial charge in [0.25, 0.3) is 5.91 Å². The smallest absolute Gasteiger partial charge is 0.257 e. The molecule has 0 spiro atoms. The number of amides is 1. The van der Waals surface area contributed by atoms with E-state index in [1.54, 1.807) is 4.80 Å². The molecule has 0 aliphatic rings. The summed E-state index contributed by atoms with van der Waals surface area (Å²) in [6.45, 7) is 10.9. The maximum atomic E-state index is 12.7. The van der Waals surface area contributed by atoms with Crippen LogP contribution < -0.4 is 15.4 Å². The molecule has 0 saturated carbocycles. The van der Waals surface area contributed by atoms with E-state index in [9.17, 15) is 4.79 Å². The van der Waals surface area contributed by atoms with Gasteiger partial charge in [-0.2, -0.15) is 4.80 Å². The van der Waals surface area contributed by atoms with Gasteiger partial charge in [-0.05, 0) is 91.1 Å². The molecular weight excluding hydrogens is 458 g/mol. The molecule has 4 rings (SSSR count). The van der Waals surface area contributed by atoms with Crippen LogP contribution in [-0.4, -0.2) is 32.6 Å². The summed E-state index contributed by atoms with van der Waals surface area (Å²) in [5.41, 5.74) is 5.72. The van der Waals surface area contributed by atoms with Crippen LogP contribution in [0.3, 0.4) is 0 Å². The van der Waals surface area contributed by atoms with Gasteiger partial charge in [-0.25, -0.2) is 0 Å². The molecule has 1 amide bonds. The summed E-state index contributed by atoms with van der Waals surface area (Å²) in [6.07, 6.45) is 0. The SMILES string of the molecule is CCOc1ccc(-n2nc3cc(C)c(NC(=S)NC(=O)c4ccc(C(C)(C)C)cc4)cc3n2)cc1. The Bertz CT molecular complexity index is 1370. The van der Waals surface area contributed by atoms with Crippen LogP contribution in [0.15, 0.2) is 60.7 Å². The number of thiocarbonyl (C=S) groups is 1. The number of aromatic nitrogens is 3. The Kier molecular flexibility index (Phi) is 6.84. The van der Waals surface area contributed by atoms with E-state index < -0.39 is 0 Å². The number of aryl methyl sites for hydroxylation is 1. The Hall–Kier alpha value is -3.78. The lowest BCUT2D eigenvalue weighted by Gasteiger charge is -2.19. The number of nitrogens with one attached hydrogen (secondary N) is 2. The van der Waals surface area contributed by atoms with Crippen LogP contribution in [0.2, 0.25) is 0 Å². The largest absolute Gasteiger partial charge is 0.494 e. The van der Waals surface area contributed by atoms with Crippen molar-refractivity contribution in [3.63, 3.8) is 0 Å². The highest BCUT2D eigenvalue weighted by Crippen LogP contribution is 2.24. The molecular formula is C27H29N5O2S. The predicted octanol–water partition coefficient (Wildman–Crippen LogP) is 5.55. The lowest BCUT2D eigenvalue weighted by Crippen LogP contribution is -2.34. The quantitative estimate of drug-likeness (QED) is 0.359. The molecule has 1 heterocycles. The molecule has 4 aromatic rings. The number of hydrogen-bond acceptors (Lipinski definition) is 5. The van der Waals surface area contributed by atoms with Crippen molar-refractivity contribution in [3.05, 3.63) is 77.4 Å². The number of carbonyl (C=O) groups excluding carboxylic acids is 1. The molecule has 1 aromatic heterocycles. The van der Waals surface area contributed by atoms with Crippen molar-refractivity contribution in [2.45, 2.75) is 40.0 Å². The predicted molar refractivity (Wildman–Crippen MR) is 144 cm³/mol. The van der Waals surface area contributed by atoms with Crippen LogP contribution >= 0.6 is 12.2 Å². The van der Waals surface area contributed by atoms with E-state index in [0.717, 1.165) is 33.8 Å². The van der Waals surface area contributed by atoms with Gasteiger partial charge in [0.1, 0.15) is 16.8 Å². The van der Waals surface area contributed by atoms with Crippen LogP contribution in [0.25, 0.3) is 16.7 Å². The first kappa shape index (κ1) is 24.3. The van der Waals surface area contributed by atoms with Crippen molar-refractivity contribution < 1.29 is 9.53 Å². The zero-order chi connectivity index (χ0) is 25.2. The Balaban J connectivity index is 1.47.